The Morgan fingerprint density at radius 2 is 1.22 bits per heavy atom. The summed E-state index contributed by atoms with van der Waals surface area (Å²) in [5, 5.41) is 30.4. The van der Waals surface area contributed by atoms with E-state index in [0.717, 1.165) is 31.5 Å². The van der Waals surface area contributed by atoms with Gasteiger partial charge in [0.05, 0.1) is 24.9 Å². The van der Waals surface area contributed by atoms with Gasteiger partial charge in [0, 0.05) is 52.2 Å². The SMILES string of the molecule is C.CC(C)(C)OC(=O)N1CCC(O)CC1.CC(C)(C)OC(=O)OC(=O)OC(C)(C)C.O=C(NO)C1(S(=O)(=O)N2CCC(OCc3ccccc3)CC2)CCOCC1.OC1CCNCC1. The van der Waals surface area contributed by atoms with Crippen molar-refractivity contribution in [2.24, 2.45) is 0 Å². The van der Waals surface area contributed by atoms with Gasteiger partial charge in [-0.3, -0.25) is 10.0 Å². The molecule has 0 aromatic heterocycles. The number of carbonyl (C=O) groups excluding carboxylic acids is 4. The number of likely N-dealkylation sites (tertiary alicyclic amines) is 1. The van der Waals surface area contributed by atoms with Crippen LogP contribution in [0.5, 0.6) is 0 Å². The van der Waals surface area contributed by atoms with Gasteiger partial charge in [-0.1, -0.05) is 37.8 Å². The summed E-state index contributed by atoms with van der Waals surface area (Å²) in [4.78, 5) is 47.5. The van der Waals surface area contributed by atoms with Crippen LogP contribution in [0.4, 0.5) is 14.4 Å². The van der Waals surface area contributed by atoms with Crippen molar-refractivity contribution < 1.29 is 71.4 Å². The fourth-order valence-electron chi connectivity index (χ4n) is 6.47. The van der Waals surface area contributed by atoms with Gasteiger partial charge in [0.1, 0.15) is 16.8 Å². The van der Waals surface area contributed by atoms with Crippen molar-refractivity contribution in [2.45, 2.75) is 168 Å². The fourth-order valence-corrected chi connectivity index (χ4v) is 8.62. The third kappa shape index (κ3) is 22.0. The minimum absolute atomic E-state index is 0. The summed E-state index contributed by atoms with van der Waals surface area (Å²) in [7, 11) is -3.92. The number of sulfonamides is 1. The highest BCUT2D eigenvalue weighted by atomic mass is 32.2. The van der Waals surface area contributed by atoms with Crippen molar-refractivity contribution in [1.82, 2.24) is 20.0 Å². The van der Waals surface area contributed by atoms with Crippen LogP contribution in [0.25, 0.3) is 0 Å². The normalized spacial score (nSPS) is 19.0. The van der Waals surface area contributed by atoms with E-state index in [1.54, 1.807) is 51.9 Å². The van der Waals surface area contributed by atoms with E-state index < -0.39 is 49.8 Å². The first-order valence-electron chi connectivity index (χ1n) is 21.6. The second kappa shape index (κ2) is 27.1. The number of hydrogen-bond donors (Lipinski definition) is 5. The van der Waals surface area contributed by atoms with Gasteiger partial charge >= 0.3 is 18.4 Å². The maximum absolute atomic E-state index is 13.2. The number of hydroxylamine groups is 1. The molecule has 0 unspecified atom stereocenters. The van der Waals surface area contributed by atoms with E-state index in [1.165, 1.54) is 4.31 Å². The van der Waals surface area contributed by atoms with Gasteiger partial charge in [-0.05, 0) is 119 Å². The zero-order valence-electron chi connectivity index (χ0n) is 38.7. The lowest BCUT2D eigenvalue weighted by Gasteiger charge is -2.40. The predicted octanol–water partition coefficient (Wildman–Crippen LogP) is 5.67. The summed E-state index contributed by atoms with van der Waals surface area (Å²) in [6.45, 7) is 20.2. The molecule has 1 aromatic carbocycles. The second-order valence-electron chi connectivity index (χ2n) is 18.7. The third-order valence-corrected chi connectivity index (χ3v) is 12.4. The standard InChI is InChI=1S/C18H26N2O6S.C10H19NO3.C10H18O5.C5H11NO.CH4/c21-17(19-22)18(8-12-25-13-9-18)27(23,24)20-10-6-16(7-11-20)26-14-15-4-2-1-3-5-15;1-10(2,3)14-9(13)11-6-4-8(12)5-7-11;1-9(2,3)14-7(11)13-8(12)15-10(4,5)6;7-5-1-3-6-4-2-5;/h1-5,16,22H,6-14H2,(H,19,21);8,12H,4-7H2,1-3H3;1-6H3;5-7H,1-4H2;1H4. The Labute approximate surface area is 380 Å². The molecule has 5 N–H and O–H groups in total. The molecule has 0 atom stereocenters. The van der Waals surface area contributed by atoms with Crippen molar-refractivity contribution in [1.29, 1.82) is 0 Å². The van der Waals surface area contributed by atoms with Gasteiger partial charge in [-0.15, -0.1) is 0 Å². The highest BCUT2D eigenvalue weighted by Gasteiger charge is 2.54. The number of piperidine rings is 3. The first-order chi connectivity index (χ1) is 29.3. The van der Waals surface area contributed by atoms with Gasteiger partial charge < -0.3 is 48.9 Å². The average molecular weight is 935 g/mol. The summed E-state index contributed by atoms with van der Waals surface area (Å²) >= 11 is 0. The summed E-state index contributed by atoms with van der Waals surface area (Å²) in [5.74, 6) is -0.881. The number of aliphatic hydroxyl groups excluding tert-OH is 2. The summed E-state index contributed by atoms with van der Waals surface area (Å²) in [6.07, 6.45) is 1.68. The van der Waals surface area contributed by atoms with Gasteiger partial charge in [-0.2, -0.15) is 0 Å². The minimum Gasteiger partial charge on any atom is -0.444 e. The molecule has 1 aromatic rings. The van der Waals surface area contributed by atoms with Crippen molar-refractivity contribution in [2.75, 3.05) is 52.5 Å². The predicted molar refractivity (Wildman–Crippen MR) is 239 cm³/mol. The van der Waals surface area contributed by atoms with Crippen LogP contribution in [0.3, 0.4) is 0 Å². The van der Waals surface area contributed by atoms with E-state index in [2.05, 4.69) is 10.1 Å². The maximum atomic E-state index is 13.2. The van der Waals surface area contributed by atoms with Crippen LogP contribution in [-0.4, -0.2) is 150 Å². The smallest absolute Gasteiger partial charge is 0.444 e. The molecule has 19 nitrogen and oxygen atoms in total. The van der Waals surface area contributed by atoms with Crippen molar-refractivity contribution >= 4 is 34.3 Å². The molecular formula is C44H78N4O15S. The van der Waals surface area contributed by atoms with E-state index >= 15 is 0 Å². The molecule has 4 heterocycles. The van der Waals surface area contributed by atoms with Gasteiger partial charge in [0.15, 0.2) is 4.75 Å². The fraction of sp³-hybridized carbons (Fsp3) is 0.773. The molecule has 5 rings (SSSR count). The van der Waals surface area contributed by atoms with Crippen molar-refractivity contribution in [3.05, 3.63) is 35.9 Å². The Morgan fingerprint density at radius 1 is 0.750 bits per heavy atom. The lowest BCUT2D eigenvalue weighted by molar-refractivity contribution is -0.134. The number of benzene rings is 1. The van der Waals surface area contributed by atoms with Crippen LogP contribution in [0, 0.1) is 0 Å². The van der Waals surface area contributed by atoms with Gasteiger partial charge in [0.25, 0.3) is 5.91 Å². The Morgan fingerprint density at radius 3 is 1.64 bits per heavy atom. The molecule has 2 amide bonds. The third-order valence-electron chi connectivity index (χ3n) is 9.75. The number of nitrogens with one attached hydrogen (secondary N) is 2. The van der Waals surface area contributed by atoms with Gasteiger partial charge in [-0.25, -0.2) is 32.6 Å². The zero-order chi connectivity index (χ0) is 47.5. The summed E-state index contributed by atoms with van der Waals surface area (Å²) < 4.78 is 56.3. The van der Waals surface area contributed by atoms with Crippen LogP contribution in [-0.2, 0) is 49.8 Å². The monoisotopic (exact) mass is 935 g/mol. The lowest BCUT2D eigenvalue weighted by atomic mass is 9.98. The van der Waals surface area contributed by atoms with Crippen LogP contribution < -0.4 is 10.8 Å². The molecule has 0 aliphatic carbocycles. The molecule has 4 fully saturated rings. The van der Waals surface area contributed by atoms with Crippen molar-refractivity contribution in [3.8, 4) is 0 Å². The molecule has 0 radical (unpaired) electrons. The highest BCUT2D eigenvalue weighted by molar-refractivity contribution is 7.91. The first kappa shape index (κ1) is 58.4. The van der Waals surface area contributed by atoms with E-state index in [-0.39, 0.29) is 57.9 Å². The molecule has 20 heteroatoms. The highest BCUT2D eigenvalue weighted by Crippen LogP contribution is 2.34. The number of nitrogens with zero attached hydrogens (tertiary/aromatic N) is 2. The topological polar surface area (TPSA) is 249 Å². The number of carbonyl (C=O) groups is 4. The Hall–Kier alpha value is -3.63. The molecule has 4 saturated heterocycles. The van der Waals surface area contributed by atoms with Crippen LogP contribution in [0.2, 0.25) is 0 Å². The summed E-state index contributed by atoms with van der Waals surface area (Å²) in [5.41, 5.74) is 0.792. The van der Waals surface area contributed by atoms with Crippen LogP contribution in [0.15, 0.2) is 30.3 Å². The molecule has 0 saturated carbocycles. The number of ether oxygens (including phenoxy) is 6. The Kier molecular flexibility index (Phi) is 24.7. The first-order valence-corrected chi connectivity index (χ1v) is 23.1. The number of aliphatic hydroxyl groups is 2. The average Bonchev–Trinajstić information content (AvgIpc) is 3.19. The maximum Gasteiger partial charge on any atom is 0.519 e. The van der Waals surface area contributed by atoms with E-state index in [4.69, 9.17) is 34.0 Å². The summed E-state index contributed by atoms with van der Waals surface area (Å²) in [6, 6.07) is 9.83. The van der Waals surface area contributed by atoms with Crippen molar-refractivity contribution in [3.63, 3.8) is 0 Å². The molecule has 0 bridgehead atoms. The van der Waals surface area contributed by atoms with Crippen LogP contribution in [0.1, 0.15) is 127 Å². The van der Waals surface area contributed by atoms with Gasteiger partial charge in [0.2, 0.25) is 10.0 Å². The molecule has 370 valence electrons. The molecule has 0 spiro atoms. The Balaban J connectivity index is 0.000000471. The Bertz CT molecular complexity index is 1610. The minimum atomic E-state index is -3.92. The lowest BCUT2D eigenvalue weighted by Crippen LogP contribution is -2.60. The van der Waals surface area contributed by atoms with E-state index in [0.29, 0.717) is 58.5 Å². The molecule has 64 heavy (non-hydrogen) atoms. The van der Waals surface area contributed by atoms with E-state index in [1.807, 2.05) is 51.1 Å². The number of amides is 2. The number of rotatable bonds is 6. The second-order valence-corrected chi connectivity index (χ2v) is 20.9. The molecular weight excluding hydrogens is 857 g/mol. The molecule has 4 aliphatic rings. The molecule has 4 aliphatic heterocycles. The quantitative estimate of drug-likeness (QED) is 0.0758. The van der Waals surface area contributed by atoms with Crippen LogP contribution >= 0.6 is 0 Å². The number of hydrogen-bond acceptors (Lipinski definition) is 16. The van der Waals surface area contributed by atoms with E-state index in [9.17, 15) is 32.7 Å². The largest absolute Gasteiger partial charge is 0.519 e. The zero-order valence-corrected chi connectivity index (χ0v) is 39.5.